The fourth-order valence-corrected chi connectivity index (χ4v) is 3.58. The lowest BCUT2D eigenvalue weighted by Gasteiger charge is -2.72. The molecule has 2 fully saturated rings. The zero-order valence-electron chi connectivity index (χ0n) is 15.3. The third-order valence-electron chi connectivity index (χ3n) is 4.22. The zero-order chi connectivity index (χ0) is 20.4. The van der Waals surface area contributed by atoms with Crippen LogP contribution in [0.15, 0.2) is 0 Å². The van der Waals surface area contributed by atoms with Crippen LogP contribution in [0.2, 0.25) is 0 Å². The molecule has 11 heteroatoms. The number of hydrogen-bond acceptors (Lipinski definition) is 10. The van der Waals surface area contributed by atoms with E-state index in [1.807, 2.05) is 0 Å². The molecule has 1 heterocycles. The van der Waals surface area contributed by atoms with E-state index in [1.165, 1.54) is 6.92 Å². The average Bonchev–Trinajstić information content (AvgIpc) is 2.54. The maximum Gasteiger partial charge on any atom is 0.303 e. The third kappa shape index (κ3) is 3.67. The van der Waals surface area contributed by atoms with Crippen molar-refractivity contribution in [2.75, 3.05) is 18.5 Å². The first-order chi connectivity index (χ1) is 12.6. The van der Waals surface area contributed by atoms with Crippen molar-refractivity contribution in [1.82, 2.24) is 0 Å². The highest BCUT2D eigenvalue weighted by molar-refractivity contribution is 9.09. The molecule has 0 aromatic rings. The van der Waals surface area contributed by atoms with Gasteiger partial charge in [0.2, 0.25) is 11.9 Å². The molecule has 1 saturated heterocycles. The van der Waals surface area contributed by atoms with Crippen molar-refractivity contribution in [3.8, 4) is 0 Å². The highest BCUT2D eigenvalue weighted by Gasteiger charge is 2.91. The molecule has 2 aliphatic rings. The maximum absolute atomic E-state index is 11.8. The number of ether oxygens (including phenoxy) is 6. The van der Waals surface area contributed by atoms with Crippen LogP contribution in [0, 0.1) is 0 Å². The van der Waals surface area contributed by atoms with Gasteiger partial charge in [-0.05, 0) is 0 Å². The maximum atomic E-state index is 11.8. The van der Waals surface area contributed by atoms with Gasteiger partial charge in [-0.25, -0.2) is 0 Å². The molecular weight excluding hydrogens is 432 g/mol. The van der Waals surface area contributed by atoms with Gasteiger partial charge in [0.25, 0.3) is 0 Å². The number of hydrogen-bond donors (Lipinski definition) is 0. The molecule has 27 heavy (non-hydrogen) atoms. The number of esters is 4. The van der Waals surface area contributed by atoms with Gasteiger partial charge in [-0.15, -0.1) is 0 Å². The fraction of sp³-hybridized carbons (Fsp3) is 0.750. The molecular formula is C16H21BrO10. The van der Waals surface area contributed by atoms with Crippen LogP contribution in [0.4, 0.5) is 0 Å². The van der Waals surface area contributed by atoms with E-state index in [2.05, 4.69) is 15.9 Å². The Balaban J connectivity index is 2.44. The molecule has 1 saturated carbocycles. The van der Waals surface area contributed by atoms with Gasteiger partial charge in [0.15, 0.2) is 17.8 Å². The van der Waals surface area contributed by atoms with Crippen LogP contribution in [0.1, 0.15) is 27.7 Å². The monoisotopic (exact) mass is 452 g/mol. The number of carbonyl (C=O) groups excluding carboxylic acids is 4. The van der Waals surface area contributed by atoms with E-state index in [9.17, 15) is 19.2 Å². The highest BCUT2D eigenvalue weighted by Crippen LogP contribution is 2.62. The van der Waals surface area contributed by atoms with Crippen LogP contribution in [-0.2, 0) is 47.6 Å². The Kier molecular flexibility index (Phi) is 6.48. The molecule has 1 aliphatic carbocycles. The first-order valence-corrected chi connectivity index (χ1v) is 9.25. The van der Waals surface area contributed by atoms with Crippen molar-refractivity contribution >= 4 is 39.8 Å². The predicted octanol–water partition coefficient (Wildman–Crippen LogP) is 0.235. The average molecular weight is 453 g/mol. The van der Waals surface area contributed by atoms with Crippen molar-refractivity contribution < 1.29 is 47.6 Å². The van der Waals surface area contributed by atoms with E-state index in [0.717, 1.165) is 20.8 Å². The summed E-state index contributed by atoms with van der Waals surface area (Å²) < 4.78 is 32.3. The molecule has 5 atom stereocenters. The van der Waals surface area contributed by atoms with E-state index in [0.29, 0.717) is 5.33 Å². The largest absolute Gasteiger partial charge is 0.462 e. The van der Waals surface area contributed by atoms with Gasteiger partial charge in [-0.3, -0.25) is 19.2 Å². The van der Waals surface area contributed by atoms with E-state index in [-0.39, 0.29) is 13.2 Å². The molecule has 0 spiro atoms. The van der Waals surface area contributed by atoms with Crippen LogP contribution in [0.25, 0.3) is 0 Å². The SMILES string of the molecule is CC(=O)OCC12OC(OCCBr)C1(OC(C)=O)C(OC(C)=O)C2OC(C)=O. The molecule has 1 aliphatic heterocycles. The normalized spacial score (nSPS) is 33.6. The second-order valence-corrected chi connectivity index (χ2v) is 6.92. The summed E-state index contributed by atoms with van der Waals surface area (Å²) in [6.45, 7) is 4.47. The standard InChI is InChI=1S/C16H21BrO10/c1-8(18)23-7-15-12(24-9(2)19)13(25-10(3)20)16(15,26-11(4)21)14(27-15)22-6-5-17/h12-14H,5-7H2,1-4H3. The number of rotatable bonds is 8. The smallest absolute Gasteiger partial charge is 0.303 e. The Bertz CT molecular complexity index is 637. The highest BCUT2D eigenvalue weighted by atomic mass is 79.9. The molecule has 10 nitrogen and oxygen atoms in total. The van der Waals surface area contributed by atoms with E-state index >= 15 is 0 Å². The summed E-state index contributed by atoms with van der Waals surface area (Å²) in [5, 5.41) is 0.464. The van der Waals surface area contributed by atoms with Crippen LogP contribution < -0.4 is 0 Å². The molecule has 0 N–H and O–H groups in total. The molecule has 0 amide bonds. The van der Waals surface area contributed by atoms with Gasteiger partial charge >= 0.3 is 23.9 Å². The summed E-state index contributed by atoms with van der Waals surface area (Å²) >= 11 is 3.20. The lowest BCUT2D eigenvalue weighted by atomic mass is 9.55. The quantitative estimate of drug-likeness (QED) is 0.287. The van der Waals surface area contributed by atoms with Crippen molar-refractivity contribution in [1.29, 1.82) is 0 Å². The molecule has 152 valence electrons. The van der Waals surface area contributed by atoms with Crippen LogP contribution in [-0.4, -0.2) is 72.1 Å². The first kappa shape index (κ1) is 21.6. The second kappa shape index (κ2) is 8.11. The minimum absolute atomic E-state index is 0.197. The first-order valence-electron chi connectivity index (χ1n) is 8.13. The Labute approximate surface area is 163 Å². The van der Waals surface area contributed by atoms with Gasteiger partial charge in [0.1, 0.15) is 6.61 Å². The van der Waals surface area contributed by atoms with Crippen molar-refractivity contribution in [3.05, 3.63) is 0 Å². The summed E-state index contributed by atoms with van der Waals surface area (Å²) in [7, 11) is 0. The van der Waals surface area contributed by atoms with E-state index < -0.39 is 53.6 Å². The number of alkyl halides is 1. The van der Waals surface area contributed by atoms with Crippen LogP contribution in [0.3, 0.4) is 0 Å². The van der Waals surface area contributed by atoms with Gasteiger partial charge < -0.3 is 28.4 Å². The second-order valence-electron chi connectivity index (χ2n) is 6.13. The molecule has 5 unspecified atom stereocenters. The third-order valence-corrected chi connectivity index (χ3v) is 4.54. The molecule has 2 rings (SSSR count). The van der Waals surface area contributed by atoms with Crippen molar-refractivity contribution in [3.63, 3.8) is 0 Å². The number of carbonyl (C=O) groups is 4. The summed E-state index contributed by atoms with van der Waals surface area (Å²) in [6.07, 6.45) is -3.44. The lowest BCUT2D eigenvalue weighted by molar-refractivity contribution is -0.518. The Morgan fingerprint density at radius 2 is 1.52 bits per heavy atom. The predicted molar refractivity (Wildman–Crippen MR) is 89.6 cm³/mol. The Hall–Kier alpha value is -1.72. The van der Waals surface area contributed by atoms with Gasteiger partial charge in [0, 0.05) is 33.0 Å². The fourth-order valence-electron chi connectivity index (χ4n) is 3.39. The molecule has 0 aromatic carbocycles. The summed E-state index contributed by atoms with van der Waals surface area (Å²) in [5.41, 5.74) is -3.17. The molecule has 0 aromatic heterocycles. The molecule has 0 bridgehead atoms. The summed E-state index contributed by atoms with van der Waals surface area (Å²) in [6, 6.07) is 0. The summed E-state index contributed by atoms with van der Waals surface area (Å²) in [4.78, 5) is 46.2. The molecule has 0 radical (unpaired) electrons. The number of fused-ring (bicyclic) bond motifs is 1. The van der Waals surface area contributed by atoms with Crippen molar-refractivity contribution in [2.24, 2.45) is 0 Å². The van der Waals surface area contributed by atoms with Gasteiger partial charge in [0.05, 0.1) is 6.61 Å². The van der Waals surface area contributed by atoms with E-state index in [4.69, 9.17) is 28.4 Å². The van der Waals surface area contributed by atoms with Gasteiger partial charge in [-0.2, -0.15) is 0 Å². The summed E-state index contributed by atoms with van der Waals surface area (Å²) in [5.74, 6) is -2.68. The van der Waals surface area contributed by atoms with Crippen LogP contribution >= 0.6 is 15.9 Å². The Morgan fingerprint density at radius 1 is 0.926 bits per heavy atom. The van der Waals surface area contributed by atoms with Crippen LogP contribution in [0.5, 0.6) is 0 Å². The van der Waals surface area contributed by atoms with Gasteiger partial charge in [-0.1, -0.05) is 15.9 Å². The Morgan fingerprint density at radius 3 is 2.00 bits per heavy atom. The number of halogens is 1. The topological polar surface area (TPSA) is 124 Å². The van der Waals surface area contributed by atoms with E-state index in [1.54, 1.807) is 0 Å². The minimum Gasteiger partial charge on any atom is -0.462 e. The zero-order valence-corrected chi connectivity index (χ0v) is 16.9. The lowest BCUT2D eigenvalue weighted by Crippen LogP contribution is -2.97. The van der Waals surface area contributed by atoms with Crippen molar-refractivity contribution in [2.45, 2.75) is 57.4 Å². The minimum atomic E-state index is -1.62.